The molecule has 0 aliphatic carbocycles. The van der Waals surface area contributed by atoms with Crippen LogP contribution in [0.4, 0.5) is 5.69 Å². The first kappa shape index (κ1) is 19.9. The van der Waals surface area contributed by atoms with Crippen LogP contribution in [-0.4, -0.2) is 32.4 Å². The maximum atomic E-state index is 10.9. The second-order valence-electron chi connectivity index (χ2n) is 6.74. The van der Waals surface area contributed by atoms with E-state index in [4.69, 9.17) is 16.3 Å². The van der Waals surface area contributed by atoms with Gasteiger partial charge in [-0.1, -0.05) is 41.6 Å². The van der Waals surface area contributed by atoms with E-state index in [0.29, 0.717) is 18.1 Å². The molecule has 3 aromatic rings. The standard InChI is InChI=1S/C20H19ClN4O3S/c21-18-6-2-1-4-15(18)13-29-20-23-22-19(24(20)12-17-5-3-11-28-17)14-7-9-16(10-8-14)25(26)27/h1-2,4,6-10,17H,3,5,11-13H2/t17-/m0/s1. The van der Waals surface area contributed by atoms with Crippen molar-refractivity contribution in [2.45, 2.75) is 36.4 Å². The Bertz CT molecular complexity index is 1000. The smallest absolute Gasteiger partial charge is 0.269 e. The second-order valence-corrected chi connectivity index (χ2v) is 8.09. The van der Waals surface area contributed by atoms with E-state index < -0.39 is 4.92 Å². The molecule has 1 aliphatic rings. The van der Waals surface area contributed by atoms with Crippen LogP contribution >= 0.6 is 23.4 Å². The summed E-state index contributed by atoms with van der Waals surface area (Å²) in [6.07, 6.45) is 2.15. The Balaban J connectivity index is 1.62. The SMILES string of the molecule is O=[N+]([O-])c1ccc(-c2nnc(SCc3ccccc3Cl)n2C[C@@H]2CCCO2)cc1. The Labute approximate surface area is 177 Å². The number of ether oxygens (including phenoxy) is 1. The normalized spacial score (nSPS) is 16.2. The maximum absolute atomic E-state index is 10.9. The zero-order chi connectivity index (χ0) is 20.2. The van der Waals surface area contributed by atoms with Crippen molar-refractivity contribution in [3.05, 3.63) is 69.2 Å². The molecule has 29 heavy (non-hydrogen) atoms. The number of nitro benzene ring substituents is 1. The zero-order valence-corrected chi connectivity index (χ0v) is 17.1. The summed E-state index contributed by atoms with van der Waals surface area (Å²) in [6, 6.07) is 14.1. The van der Waals surface area contributed by atoms with E-state index in [1.54, 1.807) is 23.9 Å². The Kier molecular flexibility index (Phi) is 6.13. The van der Waals surface area contributed by atoms with E-state index in [1.165, 1.54) is 12.1 Å². The van der Waals surface area contributed by atoms with Crippen LogP contribution < -0.4 is 0 Å². The molecule has 0 unspecified atom stereocenters. The summed E-state index contributed by atoms with van der Waals surface area (Å²) < 4.78 is 7.85. The van der Waals surface area contributed by atoms with E-state index in [0.717, 1.165) is 40.8 Å². The predicted molar refractivity (Wildman–Crippen MR) is 112 cm³/mol. The molecule has 150 valence electrons. The van der Waals surface area contributed by atoms with Crippen LogP contribution in [0.15, 0.2) is 53.7 Å². The Morgan fingerprint density at radius 3 is 2.69 bits per heavy atom. The van der Waals surface area contributed by atoms with Gasteiger partial charge in [-0.3, -0.25) is 14.7 Å². The van der Waals surface area contributed by atoms with Crippen LogP contribution in [0.5, 0.6) is 0 Å². The van der Waals surface area contributed by atoms with Gasteiger partial charge < -0.3 is 4.74 Å². The molecule has 1 aliphatic heterocycles. The summed E-state index contributed by atoms with van der Waals surface area (Å²) in [4.78, 5) is 10.5. The van der Waals surface area contributed by atoms with Crippen LogP contribution in [-0.2, 0) is 17.0 Å². The van der Waals surface area contributed by atoms with Crippen molar-refractivity contribution >= 4 is 29.1 Å². The van der Waals surface area contributed by atoms with Gasteiger partial charge in [-0.2, -0.15) is 0 Å². The van der Waals surface area contributed by atoms with Crippen molar-refractivity contribution in [1.82, 2.24) is 14.8 Å². The van der Waals surface area contributed by atoms with Gasteiger partial charge in [-0.25, -0.2) is 0 Å². The lowest BCUT2D eigenvalue weighted by molar-refractivity contribution is -0.384. The minimum Gasteiger partial charge on any atom is -0.376 e. The van der Waals surface area contributed by atoms with Crippen LogP contribution in [0.25, 0.3) is 11.4 Å². The fourth-order valence-corrected chi connectivity index (χ4v) is 4.49. The highest BCUT2D eigenvalue weighted by Gasteiger charge is 2.22. The lowest BCUT2D eigenvalue weighted by Crippen LogP contribution is -2.16. The Hall–Kier alpha value is -2.42. The van der Waals surface area contributed by atoms with E-state index in [2.05, 4.69) is 10.2 Å². The zero-order valence-electron chi connectivity index (χ0n) is 15.5. The van der Waals surface area contributed by atoms with Crippen LogP contribution in [0.3, 0.4) is 0 Å². The summed E-state index contributed by atoms with van der Waals surface area (Å²) in [7, 11) is 0. The number of rotatable bonds is 7. The molecule has 4 rings (SSSR count). The third-order valence-electron chi connectivity index (χ3n) is 4.78. The number of aromatic nitrogens is 3. The quantitative estimate of drug-likeness (QED) is 0.298. The first-order valence-corrected chi connectivity index (χ1v) is 10.6. The molecule has 0 saturated carbocycles. The number of hydrogen-bond acceptors (Lipinski definition) is 6. The van der Waals surface area contributed by atoms with Gasteiger partial charge in [-0.15, -0.1) is 10.2 Å². The molecule has 1 atom stereocenters. The molecular formula is C20H19ClN4O3S. The predicted octanol–water partition coefficient (Wildman–Crippen LogP) is 4.98. The molecule has 1 fully saturated rings. The molecule has 2 aromatic carbocycles. The third-order valence-corrected chi connectivity index (χ3v) is 6.16. The molecule has 0 radical (unpaired) electrons. The average molecular weight is 431 g/mol. The van der Waals surface area contributed by atoms with Crippen LogP contribution in [0.1, 0.15) is 18.4 Å². The molecular weight excluding hydrogens is 412 g/mol. The van der Waals surface area contributed by atoms with E-state index >= 15 is 0 Å². The van der Waals surface area contributed by atoms with Crippen molar-refractivity contribution < 1.29 is 9.66 Å². The number of nitrogens with zero attached hydrogens (tertiary/aromatic N) is 4. The lowest BCUT2D eigenvalue weighted by atomic mass is 10.2. The van der Waals surface area contributed by atoms with E-state index in [-0.39, 0.29) is 11.8 Å². The molecule has 9 heteroatoms. The summed E-state index contributed by atoms with van der Waals surface area (Å²) >= 11 is 7.84. The number of nitro groups is 1. The number of thioether (sulfide) groups is 1. The molecule has 2 heterocycles. The minimum atomic E-state index is -0.411. The molecule has 7 nitrogen and oxygen atoms in total. The van der Waals surface area contributed by atoms with Gasteiger partial charge >= 0.3 is 0 Å². The van der Waals surface area contributed by atoms with Crippen LogP contribution in [0, 0.1) is 10.1 Å². The van der Waals surface area contributed by atoms with Gasteiger partial charge in [0.15, 0.2) is 11.0 Å². The van der Waals surface area contributed by atoms with Gasteiger partial charge in [0.05, 0.1) is 17.6 Å². The van der Waals surface area contributed by atoms with Crippen molar-refractivity contribution in [2.24, 2.45) is 0 Å². The Morgan fingerprint density at radius 1 is 1.21 bits per heavy atom. The second kappa shape index (κ2) is 8.94. The first-order valence-electron chi connectivity index (χ1n) is 9.27. The third kappa shape index (κ3) is 4.60. The van der Waals surface area contributed by atoms with Gasteiger partial charge in [0, 0.05) is 35.1 Å². The molecule has 0 amide bonds. The van der Waals surface area contributed by atoms with Gasteiger partial charge in [0.2, 0.25) is 0 Å². The number of non-ortho nitro benzene ring substituents is 1. The highest BCUT2D eigenvalue weighted by Crippen LogP contribution is 2.30. The number of hydrogen-bond donors (Lipinski definition) is 0. The Morgan fingerprint density at radius 2 is 2.00 bits per heavy atom. The minimum absolute atomic E-state index is 0.0484. The van der Waals surface area contributed by atoms with E-state index in [9.17, 15) is 10.1 Å². The van der Waals surface area contributed by atoms with Crippen molar-refractivity contribution in [1.29, 1.82) is 0 Å². The summed E-state index contributed by atoms with van der Waals surface area (Å²) in [6.45, 7) is 1.41. The summed E-state index contributed by atoms with van der Waals surface area (Å²) in [5.41, 5.74) is 1.86. The fourth-order valence-electron chi connectivity index (χ4n) is 3.26. The first-order chi connectivity index (χ1) is 14.1. The topological polar surface area (TPSA) is 83.1 Å². The summed E-state index contributed by atoms with van der Waals surface area (Å²) in [5.74, 6) is 1.35. The van der Waals surface area contributed by atoms with Crippen LogP contribution in [0.2, 0.25) is 5.02 Å². The fraction of sp³-hybridized carbons (Fsp3) is 0.300. The largest absolute Gasteiger partial charge is 0.376 e. The van der Waals surface area contributed by atoms with Gasteiger partial charge in [0.1, 0.15) is 0 Å². The maximum Gasteiger partial charge on any atom is 0.269 e. The highest BCUT2D eigenvalue weighted by atomic mass is 35.5. The van der Waals surface area contributed by atoms with Crippen molar-refractivity contribution in [2.75, 3.05) is 6.61 Å². The molecule has 0 bridgehead atoms. The van der Waals surface area contributed by atoms with Gasteiger partial charge in [0.25, 0.3) is 5.69 Å². The lowest BCUT2D eigenvalue weighted by Gasteiger charge is -2.15. The average Bonchev–Trinajstić information content (AvgIpc) is 3.38. The summed E-state index contributed by atoms with van der Waals surface area (Å²) in [5, 5.41) is 21.2. The monoisotopic (exact) mass is 430 g/mol. The highest BCUT2D eigenvalue weighted by molar-refractivity contribution is 7.98. The number of halogens is 1. The van der Waals surface area contributed by atoms with Crippen molar-refractivity contribution in [3.63, 3.8) is 0 Å². The van der Waals surface area contributed by atoms with E-state index in [1.807, 2.05) is 28.8 Å². The van der Waals surface area contributed by atoms with Gasteiger partial charge in [-0.05, 0) is 36.6 Å². The molecule has 0 N–H and O–H groups in total. The molecule has 1 saturated heterocycles. The molecule has 1 aromatic heterocycles. The number of benzene rings is 2. The molecule has 0 spiro atoms. The van der Waals surface area contributed by atoms with Crippen molar-refractivity contribution in [3.8, 4) is 11.4 Å².